The van der Waals surface area contributed by atoms with Crippen LogP contribution in [0.25, 0.3) is 0 Å². The molecule has 1 heterocycles. The summed E-state index contributed by atoms with van der Waals surface area (Å²) in [5, 5.41) is 6.39. The summed E-state index contributed by atoms with van der Waals surface area (Å²) in [4.78, 5) is 3.65. The Morgan fingerprint density at radius 2 is 2.13 bits per heavy atom. The van der Waals surface area contributed by atoms with Crippen molar-refractivity contribution in [3.05, 3.63) is 11.7 Å². The van der Waals surface area contributed by atoms with Crippen molar-refractivity contribution >= 4 is 0 Å². The van der Waals surface area contributed by atoms with E-state index in [9.17, 15) is 13.2 Å². The van der Waals surface area contributed by atoms with Crippen molar-refractivity contribution in [1.82, 2.24) is 15.5 Å². The van der Waals surface area contributed by atoms with Gasteiger partial charge in [0.05, 0.1) is 0 Å². The molecule has 0 saturated carbocycles. The van der Waals surface area contributed by atoms with E-state index in [1.807, 2.05) is 6.92 Å². The van der Waals surface area contributed by atoms with Gasteiger partial charge in [0.2, 0.25) is 5.89 Å². The number of hydrogen-bond acceptors (Lipinski definition) is 4. The summed E-state index contributed by atoms with van der Waals surface area (Å²) in [5.41, 5.74) is 0. The summed E-state index contributed by atoms with van der Waals surface area (Å²) < 4.78 is 40.3. The Balaban J connectivity index is 2.56. The Bertz CT molecular complexity index is 310. The van der Waals surface area contributed by atoms with Crippen molar-refractivity contribution in [1.29, 1.82) is 0 Å². The first-order chi connectivity index (χ1) is 6.90. The molecule has 0 spiro atoms. The normalized spacial score (nSPS) is 14.2. The minimum atomic E-state index is -4.31. The minimum Gasteiger partial charge on any atom is -0.339 e. The molecule has 0 saturated heterocycles. The van der Waals surface area contributed by atoms with E-state index in [-0.39, 0.29) is 17.8 Å². The van der Waals surface area contributed by atoms with E-state index in [2.05, 4.69) is 20.0 Å². The molecule has 0 radical (unpaired) electrons. The lowest BCUT2D eigenvalue weighted by atomic mass is 10.2. The van der Waals surface area contributed by atoms with Crippen LogP contribution in [-0.4, -0.2) is 29.4 Å². The molecule has 0 fully saturated rings. The highest BCUT2D eigenvalue weighted by Crippen LogP contribution is 2.20. The van der Waals surface area contributed by atoms with Crippen LogP contribution >= 0.6 is 0 Å². The summed E-state index contributed by atoms with van der Waals surface area (Å²) in [7, 11) is 1.75. The molecule has 15 heavy (non-hydrogen) atoms. The third-order valence-corrected chi connectivity index (χ3v) is 1.84. The standard InChI is InChI=1S/C8H12F3N3O/c1-5(12-2)3-6-13-7(15-14-6)4-8(9,10)11/h5,12H,3-4H2,1-2H3. The molecule has 1 aromatic rings. The Labute approximate surface area is 84.9 Å². The number of nitrogens with zero attached hydrogens (tertiary/aromatic N) is 2. The molecule has 1 unspecified atom stereocenters. The third kappa shape index (κ3) is 4.28. The summed E-state index contributed by atoms with van der Waals surface area (Å²) >= 11 is 0. The van der Waals surface area contributed by atoms with Gasteiger partial charge >= 0.3 is 6.18 Å². The maximum atomic E-state index is 11.9. The molecule has 0 aliphatic heterocycles. The van der Waals surface area contributed by atoms with Crippen LogP contribution in [0.4, 0.5) is 13.2 Å². The molecule has 1 aromatic heterocycles. The molecular weight excluding hydrogens is 211 g/mol. The molecule has 7 heteroatoms. The number of hydrogen-bond donors (Lipinski definition) is 1. The summed E-state index contributed by atoms with van der Waals surface area (Å²) in [6, 6.07) is 0.0985. The van der Waals surface area contributed by atoms with Gasteiger partial charge in [-0.3, -0.25) is 0 Å². The van der Waals surface area contributed by atoms with Crippen molar-refractivity contribution < 1.29 is 17.7 Å². The number of alkyl halides is 3. The molecule has 1 rings (SSSR count). The fraction of sp³-hybridized carbons (Fsp3) is 0.750. The van der Waals surface area contributed by atoms with E-state index in [4.69, 9.17) is 0 Å². The predicted octanol–water partition coefficient (Wildman–Crippen LogP) is 1.32. The number of likely N-dealkylation sites (N-methyl/N-ethyl adjacent to an activating group) is 1. The second kappa shape index (κ2) is 4.61. The van der Waals surface area contributed by atoms with Crippen LogP contribution in [-0.2, 0) is 12.8 Å². The monoisotopic (exact) mass is 223 g/mol. The Morgan fingerprint density at radius 3 is 2.67 bits per heavy atom. The van der Waals surface area contributed by atoms with E-state index in [0.717, 1.165) is 0 Å². The van der Waals surface area contributed by atoms with Crippen LogP contribution in [0.15, 0.2) is 4.52 Å². The molecule has 0 bridgehead atoms. The lowest BCUT2D eigenvalue weighted by Gasteiger charge is -2.04. The minimum absolute atomic E-state index is 0.0985. The fourth-order valence-corrected chi connectivity index (χ4v) is 0.992. The molecule has 0 aliphatic rings. The molecule has 0 amide bonds. The van der Waals surface area contributed by atoms with Gasteiger partial charge in [-0.2, -0.15) is 18.2 Å². The zero-order valence-corrected chi connectivity index (χ0v) is 8.43. The van der Waals surface area contributed by atoms with Gasteiger partial charge in [0.25, 0.3) is 0 Å². The number of halogens is 3. The van der Waals surface area contributed by atoms with E-state index in [1.165, 1.54) is 0 Å². The smallest absolute Gasteiger partial charge is 0.339 e. The van der Waals surface area contributed by atoms with Crippen LogP contribution in [0.5, 0.6) is 0 Å². The van der Waals surface area contributed by atoms with E-state index < -0.39 is 12.6 Å². The highest BCUT2D eigenvalue weighted by molar-refractivity contribution is 4.90. The van der Waals surface area contributed by atoms with Crippen LogP contribution in [0.2, 0.25) is 0 Å². The van der Waals surface area contributed by atoms with Gasteiger partial charge in [0.15, 0.2) is 5.82 Å². The lowest BCUT2D eigenvalue weighted by Crippen LogP contribution is -2.24. The van der Waals surface area contributed by atoms with E-state index >= 15 is 0 Å². The van der Waals surface area contributed by atoms with E-state index in [1.54, 1.807) is 7.05 Å². The van der Waals surface area contributed by atoms with E-state index in [0.29, 0.717) is 6.42 Å². The summed E-state index contributed by atoms with van der Waals surface area (Å²) in [6.45, 7) is 1.87. The first-order valence-electron chi connectivity index (χ1n) is 4.46. The first kappa shape index (κ1) is 12.0. The van der Waals surface area contributed by atoms with Crippen molar-refractivity contribution in [2.75, 3.05) is 7.05 Å². The largest absolute Gasteiger partial charge is 0.397 e. The van der Waals surface area contributed by atoms with Crippen LogP contribution in [0, 0.1) is 0 Å². The molecule has 0 aromatic carbocycles. The van der Waals surface area contributed by atoms with Gasteiger partial charge in [-0.05, 0) is 14.0 Å². The van der Waals surface area contributed by atoms with Crippen molar-refractivity contribution in [2.45, 2.75) is 32.0 Å². The highest BCUT2D eigenvalue weighted by atomic mass is 19.4. The molecular formula is C8H12F3N3O. The third-order valence-electron chi connectivity index (χ3n) is 1.84. The molecule has 0 aliphatic carbocycles. The average Bonchev–Trinajstić information content (AvgIpc) is 2.49. The van der Waals surface area contributed by atoms with Crippen molar-refractivity contribution in [3.8, 4) is 0 Å². The summed E-state index contributed by atoms with van der Waals surface area (Å²) in [5.74, 6) is -0.100. The lowest BCUT2D eigenvalue weighted by molar-refractivity contribution is -0.131. The zero-order valence-electron chi connectivity index (χ0n) is 8.43. The second-order valence-electron chi connectivity index (χ2n) is 3.29. The van der Waals surface area contributed by atoms with Crippen LogP contribution in [0.3, 0.4) is 0 Å². The Morgan fingerprint density at radius 1 is 1.47 bits per heavy atom. The maximum Gasteiger partial charge on any atom is 0.397 e. The molecule has 4 nitrogen and oxygen atoms in total. The predicted molar refractivity (Wildman–Crippen MR) is 46.3 cm³/mol. The highest BCUT2D eigenvalue weighted by Gasteiger charge is 2.31. The van der Waals surface area contributed by atoms with Gasteiger partial charge < -0.3 is 9.84 Å². The number of nitrogens with one attached hydrogen (secondary N) is 1. The summed E-state index contributed by atoms with van der Waals surface area (Å²) in [6.07, 6.45) is -5.04. The van der Waals surface area contributed by atoms with Gasteiger partial charge in [-0.1, -0.05) is 5.16 Å². The van der Waals surface area contributed by atoms with Crippen LogP contribution in [0.1, 0.15) is 18.6 Å². The van der Waals surface area contributed by atoms with Crippen molar-refractivity contribution in [3.63, 3.8) is 0 Å². The zero-order chi connectivity index (χ0) is 11.5. The van der Waals surface area contributed by atoms with Gasteiger partial charge in [0, 0.05) is 12.5 Å². The van der Waals surface area contributed by atoms with Crippen molar-refractivity contribution in [2.24, 2.45) is 0 Å². The quantitative estimate of drug-likeness (QED) is 0.836. The molecule has 1 atom stereocenters. The van der Waals surface area contributed by atoms with Gasteiger partial charge in [-0.25, -0.2) is 0 Å². The molecule has 86 valence electrons. The number of rotatable bonds is 4. The average molecular weight is 223 g/mol. The fourth-order valence-electron chi connectivity index (χ4n) is 0.992. The van der Waals surface area contributed by atoms with Gasteiger partial charge in [0.1, 0.15) is 6.42 Å². The Kier molecular flexibility index (Phi) is 3.67. The topological polar surface area (TPSA) is 51.0 Å². The number of aromatic nitrogens is 2. The maximum absolute atomic E-state index is 11.9. The van der Waals surface area contributed by atoms with Crippen LogP contribution < -0.4 is 5.32 Å². The van der Waals surface area contributed by atoms with Gasteiger partial charge in [-0.15, -0.1) is 0 Å². The second-order valence-corrected chi connectivity index (χ2v) is 3.29. The SMILES string of the molecule is CNC(C)Cc1noc(CC(F)(F)F)n1. The Hall–Kier alpha value is -1.11. The first-order valence-corrected chi connectivity index (χ1v) is 4.46. The molecule has 1 N–H and O–H groups in total.